The molecule has 4 heteroatoms. The third-order valence-corrected chi connectivity index (χ3v) is 4.36. The summed E-state index contributed by atoms with van der Waals surface area (Å²) in [6.45, 7) is 7.08. The lowest BCUT2D eigenvalue weighted by Crippen LogP contribution is -2.50. The van der Waals surface area contributed by atoms with E-state index in [2.05, 4.69) is 24.3 Å². The van der Waals surface area contributed by atoms with Gasteiger partial charge >= 0.3 is 6.09 Å². The molecule has 0 atom stereocenters. The van der Waals surface area contributed by atoms with Gasteiger partial charge in [0.15, 0.2) is 0 Å². The van der Waals surface area contributed by atoms with E-state index in [-0.39, 0.29) is 6.09 Å². The minimum absolute atomic E-state index is 0.228. The van der Waals surface area contributed by atoms with Crippen molar-refractivity contribution in [2.45, 2.75) is 51.0 Å². The molecular formula is C18H23NO3. The highest BCUT2D eigenvalue weighted by Crippen LogP contribution is 2.35. The quantitative estimate of drug-likeness (QED) is 0.840. The zero-order chi connectivity index (χ0) is 15.9. The maximum atomic E-state index is 11.9. The predicted octanol–water partition coefficient (Wildman–Crippen LogP) is 3.47. The van der Waals surface area contributed by atoms with Crippen molar-refractivity contribution in [1.29, 1.82) is 0 Å². The van der Waals surface area contributed by atoms with Crippen molar-refractivity contribution in [3.05, 3.63) is 35.4 Å². The Morgan fingerprint density at radius 3 is 2.00 bits per heavy atom. The van der Waals surface area contributed by atoms with Crippen molar-refractivity contribution < 1.29 is 14.3 Å². The van der Waals surface area contributed by atoms with Crippen LogP contribution in [-0.2, 0) is 9.53 Å². The van der Waals surface area contributed by atoms with E-state index in [1.807, 2.05) is 20.8 Å². The lowest BCUT2D eigenvalue weighted by Gasteiger charge is -2.40. The van der Waals surface area contributed by atoms with Gasteiger partial charge in [-0.15, -0.1) is 0 Å². The van der Waals surface area contributed by atoms with Crippen LogP contribution in [0.1, 0.15) is 56.6 Å². The minimum Gasteiger partial charge on any atom is -0.444 e. The molecule has 0 unspecified atom stereocenters. The second kappa shape index (κ2) is 5.41. The van der Waals surface area contributed by atoms with E-state index in [1.54, 1.807) is 4.90 Å². The Bertz CT molecular complexity index is 571. The van der Waals surface area contributed by atoms with Gasteiger partial charge in [0.25, 0.3) is 0 Å². The van der Waals surface area contributed by atoms with Crippen LogP contribution in [-0.4, -0.2) is 35.5 Å². The number of likely N-dealkylation sites (tertiary alicyclic amines) is 1. The highest BCUT2D eigenvalue weighted by molar-refractivity contribution is 5.86. The normalized spacial score (nSPS) is 19.6. The van der Waals surface area contributed by atoms with Crippen molar-refractivity contribution in [1.82, 2.24) is 4.90 Å². The highest BCUT2D eigenvalue weighted by Gasteiger charge is 2.34. The van der Waals surface area contributed by atoms with Crippen LogP contribution in [0.25, 0.3) is 0 Å². The van der Waals surface area contributed by atoms with Crippen LogP contribution in [0, 0.1) is 0 Å². The van der Waals surface area contributed by atoms with E-state index in [0.717, 1.165) is 13.1 Å². The Kier molecular flexibility index (Phi) is 3.71. The molecule has 1 aromatic carbocycles. The monoisotopic (exact) mass is 301 g/mol. The van der Waals surface area contributed by atoms with Crippen LogP contribution >= 0.6 is 0 Å². The van der Waals surface area contributed by atoms with E-state index in [0.29, 0.717) is 30.5 Å². The smallest absolute Gasteiger partial charge is 0.410 e. The van der Waals surface area contributed by atoms with Crippen molar-refractivity contribution in [2.24, 2.45) is 0 Å². The summed E-state index contributed by atoms with van der Waals surface area (Å²) in [6.07, 6.45) is 1.15. The SMILES string of the molecule is CC(C)(C)OC(=O)N1CC(c2ccc(C3CC(=O)C3)cc2)C1. The summed E-state index contributed by atoms with van der Waals surface area (Å²) in [4.78, 5) is 24.7. The van der Waals surface area contributed by atoms with Gasteiger partial charge in [-0.05, 0) is 37.8 Å². The van der Waals surface area contributed by atoms with Crippen molar-refractivity contribution in [2.75, 3.05) is 13.1 Å². The largest absolute Gasteiger partial charge is 0.444 e. The number of ether oxygens (including phenoxy) is 1. The fourth-order valence-corrected chi connectivity index (χ4v) is 2.93. The molecule has 118 valence electrons. The van der Waals surface area contributed by atoms with Gasteiger partial charge in [0.05, 0.1) is 0 Å². The Balaban J connectivity index is 1.52. The van der Waals surface area contributed by atoms with Gasteiger partial charge in [-0.2, -0.15) is 0 Å². The van der Waals surface area contributed by atoms with Crippen LogP contribution in [0.15, 0.2) is 24.3 Å². The summed E-state index contributed by atoms with van der Waals surface area (Å²) < 4.78 is 5.36. The Morgan fingerprint density at radius 2 is 1.55 bits per heavy atom. The maximum absolute atomic E-state index is 11.9. The van der Waals surface area contributed by atoms with Crippen LogP contribution in [0.2, 0.25) is 0 Å². The van der Waals surface area contributed by atoms with Gasteiger partial charge in [0.1, 0.15) is 11.4 Å². The first-order chi connectivity index (χ1) is 10.3. The first-order valence-corrected chi connectivity index (χ1v) is 7.91. The van der Waals surface area contributed by atoms with Crippen LogP contribution in [0.4, 0.5) is 4.79 Å². The maximum Gasteiger partial charge on any atom is 0.410 e. The number of benzene rings is 1. The molecule has 1 aliphatic heterocycles. The number of hydrogen-bond acceptors (Lipinski definition) is 3. The predicted molar refractivity (Wildman–Crippen MR) is 84.0 cm³/mol. The van der Waals surface area contributed by atoms with Gasteiger partial charge in [0.2, 0.25) is 0 Å². The number of rotatable bonds is 2. The molecule has 0 bridgehead atoms. The average Bonchev–Trinajstić information content (AvgIpc) is 2.32. The average molecular weight is 301 g/mol. The summed E-state index contributed by atoms with van der Waals surface area (Å²) in [5.41, 5.74) is 2.07. The third kappa shape index (κ3) is 3.16. The molecule has 1 saturated carbocycles. The van der Waals surface area contributed by atoms with Gasteiger partial charge in [-0.1, -0.05) is 24.3 Å². The number of Topliss-reactive ketones (excluding diaryl/α,β-unsaturated/α-hetero) is 1. The van der Waals surface area contributed by atoms with Crippen LogP contribution < -0.4 is 0 Å². The minimum atomic E-state index is -0.440. The molecule has 0 aromatic heterocycles. The molecular weight excluding hydrogens is 278 g/mol. The molecule has 2 aliphatic rings. The van der Waals surface area contributed by atoms with Crippen LogP contribution in [0.5, 0.6) is 0 Å². The fraction of sp³-hybridized carbons (Fsp3) is 0.556. The second-order valence-electron chi connectivity index (χ2n) is 7.39. The zero-order valence-corrected chi connectivity index (χ0v) is 13.5. The highest BCUT2D eigenvalue weighted by atomic mass is 16.6. The Hall–Kier alpha value is -1.84. The third-order valence-electron chi connectivity index (χ3n) is 4.36. The summed E-state index contributed by atoms with van der Waals surface area (Å²) >= 11 is 0. The molecule has 1 heterocycles. The lowest BCUT2D eigenvalue weighted by molar-refractivity contribution is -0.124. The number of ketones is 1. The van der Waals surface area contributed by atoms with Gasteiger partial charge in [-0.25, -0.2) is 4.79 Å². The topological polar surface area (TPSA) is 46.6 Å². The van der Waals surface area contributed by atoms with Crippen molar-refractivity contribution >= 4 is 11.9 Å². The summed E-state index contributed by atoms with van der Waals surface area (Å²) in [6, 6.07) is 8.52. The fourth-order valence-electron chi connectivity index (χ4n) is 2.93. The van der Waals surface area contributed by atoms with E-state index >= 15 is 0 Å². The summed E-state index contributed by atoms with van der Waals surface area (Å²) in [5, 5.41) is 0. The summed E-state index contributed by atoms with van der Waals surface area (Å²) in [5.74, 6) is 1.17. The van der Waals surface area contributed by atoms with Gasteiger partial charge in [0, 0.05) is 31.8 Å². The number of amides is 1. The standard InChI is InChI=1S/C18H23NO3/c1-18(2,3)22-17(21)19-10-15(11-19)13-6-4-12(5-7-13)14-8-16(20)9-14/h4-7,14-15H,8-11H2,1-3H3. The first-order valence-electron chi connectivity index (χ1n) is 7.91. The number of nitrogens with zero attached hydrogens (tertiary/aromatic N) is 1. The number of hydrogen-bond donors (Lipinski definition) is 0. The lowest BCUT2D eigenvalue weighted by atomic mass is 9.78. The molecule has 2 fully saturated rings. The molecule has 0 radical (unpaired) electrons. The molecule has 0 spiro atoms. The van der Waals surface area contributed by atoms with E-state index < -0.39 is 5.60 Å². The number of carbonyl (C=O) groups excluding carboxylic acids is 2. The first kappa shape index (κ1) is 15.1. The van der Waals surface area contributed by atoms with E-state index in [4.69, 9.17) is 4.74 Å². The Labute approximate surface area is 131 Å². The molecule has 4 nitrogen and oxygen atoms in total. The van der Waals surface area contributed by atoms with E-state index in [9.17, 15) is 9.59 Å². The molecule has 1 aliphatic carbocycles. The molecule has 22 heavy (non-hydrogen) atoms. The van der Waals surface area contributed by atoms with Crippen molar-refractivity contribution in [3.8, 4) is 0 Å². The molecule has 1 saturated heterocycles. The molecule has 1 amide bonds. The number of carbonyl (C=O) groups is 2. The van der Waals surface area contributed by atoms with Gasteiger partial charge < -0.3 is 9.64 Å². The molecule has 0 N–H and O–H groups in total. The van der Waals surface area contributed by atoms with Gasteiger partial charge in [-0.3, -0.25) is 4.79 Å². The molecule has 1 aromatic rings. The van der Waals surface area contributed by atoms with E-state index in [1.165, 1.54) is 11.1 Å². The molecule has 3 rings (SSSR count). The zero-order valence-electron chi connectivity index (χ0n) is 13.5. The summed E-state index contributed by atoms with van der Waals surface area (Å²) in [7, 11) is 0. The van der Waals surface area contributed by atoms with Crippen molar-refractivity contribution in [3.63, 3.8) is 0 Å². The van der Waals surface area contributed by atoms with Crippen LogP contribution in [0.3, 0.4) is 0 Å². The second-order valence-corrected chi connectivity index (χ2v) is 7.39. The Morgan fingerprint density at radius 1 is 1.05 bits per heavy atom.